The molecular weight excluding hydrogens is 331 g/mol. The lowest BCUT2D eigenvalue weighted by atomic mass is 10.3. The molecule has 2 rings (SSSR count). The molecule has 0 N–H and O–H groups in total. The van der Waals surface area contributed by atoms with Crippen molar-refractivity contribution in [3.8, 4) is 0 Å². The van der Waals surface area contributed by atoms with E-state index in [1.54, 1.807) is 6.07 Å². The Hall–Kier alpha value is -1.14. The number of hydrogen-bond acceptors (Lipinski definition) is 4. The van der Waals surface area contributed by atoms with Crippen LogP contribution in [0, 0.1) is 10.1 Å². The number of nitrogens with zero attached hydrogens (tertiary/aromatic N) is 2. The maximum absolute atomic E-state index is 10.5. The normalized spacial score (nSPS) is 11.1. The summed E-state index contributed by atoms with van der Waals surface area (Å²) in [5, 5.41) is 11.6. The topological polar surface area (TPSA) is 55.5 Å². The van der Waals surface area contributed by atoms with E-state index in [0.717, 1.165) is 11.3 Å². The molecule has 4 nitrogen and oxygen atoms in total. The van der Waals surface area contributed by atoms with Crippen molar-refractivity contribution in [1.29, 1.82) is 0 Å². The van der Waals surface area contributed by atoms with Crippen molar-refractivity contribution in [2.24, 2.45) is 4.99 Å². The van der Waals surface area contributed by atoms with Gasteiger partial charge < -0.3 is 0 Å². The minimum Gasteiger partial charge on any atom is -0.258 e. The van der Waals surface area contributed by atoms with E-state index in [4.69, 9.17) is 34.8 Å². The minimum atomic E-state index is -0.450. The average molecular weight is 336 g/mol. The van der Waals surface area contributed by atoms with E-state index in [0.29, 0.717) is 25.6 Å². The number of benzene rings is 1. The zero-order valence-corrected chi connectivity index (χ0v) is 12.2. The predicted molar refractivity (Wildman–Crippen MR) is 79.7 cm³/mol. The number of aliphatic imine (C=N–C) groups is 1. The first-order chi connectivity index (χ1) is 8.97. The van der Waals surface area contributed by atoms with Crippen molar-refractivity contribution in [2.45, 2.75) is 0 Å². The van der Waals surface area contributed by atoms with Gasteiger partial charge in [-0.3, -0.25) is 15.1 Å². The molecule has 2 aromatic rings. The lowest BCUT2D eigenvalue weighted by Gasteiger charge is -2.00. The van der Waals surface area contributed by atoms with E-state index in [1.165, 1.54) is 24.4 Å². The monoisotopic (exact) mass is 334 g/mol. The summed E-state index contributed by atoms with van der Waals surface area (Å²) in [6.45, 7) is 0. The average Bonchev–Trinajstić information content (AvgIpc) is 2.81. The van der Waals surface area contributed by atoms with Crippen molar-refractivity contribution in [3.05, 3.63) is 54.3 Å². The number of hydrogen-bond donors (Lipinski definition) is 0. The van der Waals surface area contributed by atoms with E-state index in [1.807, 2.05) is 0 Å². The van der Waals surface area contributed by atoms with Crippen LogP contribution in [0.25, 0.3) is 0 Å². The van der Waals surface area contributed by atoms with E-state index in [9.17, 15) is 10.1 Å². The van der Waals surface area contributed by atoms with Crippen LogP contribution >= 0.6 is 46.1 Å². The molecule has 1 aromatic heterocycles. The second-order valence-electron chi connectivity index (χ2n) is 3.41. The standard InChI is InChI=1S/C11H5Cl3N2O2S/c12-7-3-9(14)10(4-8(7)13)15-5-6-1-2-11(19-6)16(17)18/h1-5H. The van der Waals surface area contributed by atoms with Crippen LogP contribution in [0.1, 0.15) is 4.88 Å². The zero-order valence-electron chi connectivity index (χ0n) is 9.14. The molecule has 98 valence electrons. The molecule has 0 radical (unpaired) electrons. The highest BCUT2D eigenvalue weighted by Gasteiger charge is 2.09. The highest BCUT2D eigenvalue weighted by molar-refractivity contribution is 7.16. The Morgan fingerprint density at radius 3 is 2.47 bits per heavy atom. The summed E-state index contributed by atoms with van der Waals surface area (Å²) in [7, 11) is 0. The first-order valence-corrected chi connectivity index (χ1v) is 6.85. The summed E-state index contributed by atoms with van der Waals surface area (Å²) in [6, 6.07) is 6.06. The van der Waals surface area contributed by atoms with Crippen LogP contribution in [0.4, 0.5) is 10.7 Å². The molecule has 1 aromatic carbocycles. The molecule has 1 heterocycles. The Morgan fingerprint density at radius 1 is 1.16 bits per heavy atom. The Morgan fingerprint density at radius 2 is 1.84 bits per heavy atom. The van der Waals surface area contributed by atoms with Crippen LogP contribution in [0.2, 0.25) is 15.1 Å². The van der Waals surface area contributed by atoms with Gasteiger partial charge in [-0.15, -0.1) is 0 Å². The van der Waals surface area contributed by atoms with E-state index in [-0.39, 0.29) is 5.00 Å². The largest absolute Gasteiger partial charge is 0.324 e. The van der Waals surface area contributed by atoms with Gasteiger partial charge in [-0.25, -0.2) is 0 Å². The molecule has 0 atom stereocenters. The van der Waals surface area contributed by atoms with E-state index >= 15 is 0 Å². The molecule has 0 spiro atoms. The van der Waals surface area contributed by atoms with Gasteiger partial charge in [0.15, 0.2) is 0 Å². The van der Waals surface area contributed by atoms with E-state index in [2.05, 4.69) is 4.99 Å². The second kappa shape index (κ2) is 5.88. The first kappa shape index (κ1) is 14.3. The van der Waals surface area contributed by atoms with Gasteiger partial charge in [0.05, 0.1) is 30.6 Å². The fourth-order valence-electron chi connectivity index (χ4n) is 1.25. The van der Waals surface area contributed by atoms with Crippen molar-refractivity contribution < 1.29 is 4.92 Å². The Kier molecular flexibility index (Phi) is 4.42. The van der Waals surface area contributed by atoms with Crippen molar-refractivity contribution in [3.63, 3.8) is 0 Å². The van der Waals surface area contributed by atoms with Gasteiger partial charge in [0.1, 0.15) is 0 Å². The summed E-state index contributed by atoms with van der Waals surface area (Å²) in [5.74, 6) is 0. The third-order valence-corrected chi connectivity index (χ3v) is 4.11. The van der Waals surface area contributed by atoms with Crippen molar-refractivity contribution in [1.82, 2.24) is 0 Å². The van der Waals surface area contributed by atoms with Gasteiger partial charge in [-0.05, 0) is 18.2 Å². The zero-order chi connectivity index (χ0) is 14.0. The van der Waals surface area contributed by atoms with Gasteiger partial charge in [-0.1, -0.05) is 46.1 Å². The molecule has 0 aliphatic rings. The summed E-state index contributed by atoms with van der Waals surface area (Å²) < 4.78 is 0. The van der Waals surface area contributed by atoms with Crippen LogP contribution < -0.4 is 0 Å². The summed E-state index contributed by atoms with van der Waals surface area (Å²) in [6.07, 6.45) is 1.49. The van der Waals surface area contributed by atoms with Crippen LogP contribution in [-0.2, 0) is 0 Å². The highest BCUT2D eigenvalue weighted by Crippen LogP contribution is 2.34. The predicted octanol–water partition coefficient (Wildman–Crippen LogP) is 5.37. The Labute approximate surface area is 127 Å². The number of halogens is 3. The van der Waals surface area contributed by atoms with Crippen LogP contribution in [0.5, 0.6) is 0 Å². The smallest absolute Gasteiger partial charge is 0.258 e. The fourth-order valence-corrected chi connectivity index (χ4v) is 2.54. The number of rotatable bonds is 3. The quantitative estimate of drug-likeness (QED) is 0.328. The van der Waals surface area contributed by atoms with Crippen LogP contribution in [0.15, 0.2) is 29.3 Å². The summed E-state index contributed by atoms with van der Waals surface area (Å²) >= 11 is 18.6. The third kappa shape index (κ3) is 3.45. The maximum atomic E-state index is 10.5. The second-order valence-corrected chi connectivity index (χ2v) is 5.72. The molecule has 8 heteroatoms. The SMILES string of the molecule is O=[N+]([O-])c1ccc(C=Nc2cc(Cl)c(Cl)cc2Cl)s1. The van der Waals surface area contributed by atoms with E-state index < -0.39 is 4.92 Å². The molecule has 19 heavy (non-hydrogen) atoms. The Bertz CT molecular complexity index is 670. The lowest BCUT2D eigenvalue weighted by molar-refractivity contribution is -0.380. The highest BCUT2D eigenvalue weighted by atomic mass is 35.5. The van der Waals surface area contributed by atoms with Crippen molar-refractivity contribution >= 4 is 63.0 Å². The molecule has 0 aliphatic heterocycles. The number of nitro groups is 1. The first-order valence-electron chi connectivity index (χ1n) is 4.90. The molecule has 0 saturated heterocycles. The van der Waals surface area contributed by atoms with Gasteiger partial charge in [0.2, 0.25) is 0 Å². The minimum absolute atomic E-state index is 0.0571. The molecule has 0 saturated carbocycles. The Balaban J connectivity index is 2.27. The van der Waals surface area contributed by atoms with Crippen LogP contribution in [-0.4, -0.2) is 11.1 Å². The van der Waals surface area contributed by atoms with Gasteiger partial charge in [0.25, 0.3) is 0 Å². The summed E-state index contributed by atoms with van der Waals surface area (Å²) in [4.78, 5) is 14.9. The summed E-state index contributed by atoms with van der Waals surface area (Å²) in [5.41, 5.74) is 0.451. The third-order valence-electron chi connectivity index (χ3n) is 2.11. The lowest BCUT2D eigenvalue weighted by Crippen LogP contribution is -1.80. The van der Waals surface area contributed by atoms with Crippen LogP contribution in [0.3, 0.4) is 0 Å². The molecular formula is C11H5Cl3N2O2S. The fraction of sp³-hybridized carbons (Fsp3) is 0. The molecule has 0 aliphatic carbocycles. The van der Waals surface area contributed by atoms with Gasteiger partial charge >= 0.3 is 5.00 Å². The maximum Gasteiger partial charge on any atom is 0.324 e. The van der Waals surface area contributed by atoms with Gasteiger partial charge in [-0.2, -0.15) is 0 Å². The number of thiophene rings is 1. The molecule has 0 amide bonds. The van der Waals surface area contributed by atoms with Crippen molar-refractivity contribution in [2.75, 3.05) is 0 Å². The molecule has 0 unspecified atom stereocenters. The van der Waals surface area contributed by atoms with Gasteiger partial charge in [0, 0.05) is 12.3 Å². The molecule has 0 bridgehead atoms. The molecule has 0 fully saturated rings.